The SMILES string of the molecule is CCC(COOOC)C1CCN(C(=O)OCc2ccccc2)CC1. The first-order valence-corrected chi connectivity index (χ1v) is 8.52. The molecule has 1 saturated heterocycles. The molecule has 0 aromatic heterocycles. The Kier molecular flexibility index (Phi) is 8.01. The molecule has 1 fully saturated rings. The van der Waals surface area contributed by atoms with Crippen LogP contribution in [0.3, 0.4) is 0 Å². The monoisotopic (exact) mass is 337 g/mol. The highest BCUT2D eigenvalue weighted by molar-refractivity contribution is 5.67. The summed E-state index contributed by atoms with van der Waals surface area (Å²) in [5.41, 5.74) is 1.00. The smallest absolute Gasteiger partial charge is 0.410 e. The topological polar surface area (TPSA) is 57.2 Å². The van der Waals surface area contributed by atoms with Gasteiger partial charge in [0.1, 0.15) is 6.61 Å². The lowest BCUT2D eigenvalue weighted by molar-refractivity contribution is -0.505. The van der Waals surface area contributed by atoms with Crippen molar-refractivity contribution in [2.24, 2.45) is 11.8 Å². The maximum absolute atomic E-state index is 12.2. The van der Waals surface area contributed by atoms with E-state index in [1.165, 1.54) is 7.11 Å². The molecule has 0 spiro atoms. The number of nitrogens with zero attached hydrogens (tertiary/aromatic N) is 1. The molecule has 24 heavy (non-hydrogen) atoms. The fourth-order valence-corrected chi connectivity index (χ4v) is 3.11. The maximum atomic E-state index is 12.2. The normalized spacial score (nSPS) is 16.8. The van der Waals surface area contributed by atoms with Crippen molar-refractivity contribution < 1.29 is 24.3 Å². The van der Waals surface area contributed by atoms with Crippen LogP contribution in [0.5, 0.6) is 0 Å². The van der Waals surface area contributed by atoms with E-state index in [2.05, 4.69) is 16.8 Å². The predicted octanol–water partition coefficient (Wildman–Crippen LogP) is 3.57. The number of carbonyl (C=O) groups excluding carboxylic acids is 1. The zero-order valence-electron chi connectivity index (χ0n) is 14.5. The van der Waals surface area contributed by atoms with Crippen LogP contribution < -0.4 is 0 Å². The Labute approximate surface area is 143 Å². The molecule has 1 heterocycles. The summed E-state index contributed by atoms with van der Waals surface area (Å²) in [5, 5.41) is 4.51. The van der Waals surface area contributed by atoms with Gasteiger partial charge in [-0.2, -0.15) is 0 Å². The van der Waals surface area contributed by atoms with Gasteiger partial charge < -0.3 is 9.64 Å². The van der Waals surface area contributed by atoms with E-state index < -0.39 is 0 Å². The Balaban J connectivity index is 1.72. The van der Waals surface area contributed by atoms with E-state index in [4.69, 9.17) is 9.62 Å². The second-order valence-corrected chi connectivity index (χ2v) is 6.05. The van der Waals surface area contributed by atoms with Crippen LogP contribution in [0.1, 0.15) is 31.7 Å². The molecular weight excluding hydrogens is 310 g/mol. The first kappa shape index (κ1) is 18.7. The molecule has 6 nitrogen and oxygen atoms in total. The lowest BCUT2D eigenvalue weighted by Crippen LogP contribution is -2.40. The lowest BCUT2D eigenvalue weighted by Gasteiger charge is -2.34. The summed E-state index contributed by atoms with van der Waals surface area (Å²) in [6.45, 7) is 4.41. The molecule has 2 rings (SSSR count). The number of benzene rings is 1. The molecule has 1 amide bonds. The Hall–Kier alpha value is -1.63. The minimum absolute atomic E-state index is 0.232. The molecule has 0 aliphatic carbocycles. The summed E-state index contributed by atoms with van der Waals surface area (Å²) >= 11 is 0. The highest BCUT2D eigenvalue weighted by Crippen LogP contribution is 2.28. The second-order valence-electron chi connectivity index (χ2n) is 6.05. The van der Waals surface area contributed by atoms with Gasteiger partial charge in [0.25, 0.3) is 0 Å². The Bertz CT molecular complexity index is 474. The summed E-state index contributed by atoms with van der Waals surface area (Å²) in [6.07, 6.45) is 2.69. The number of piperidine rings is 1. The number of likely N-dealkylation sites (tertiary alicyclic amines) is 1. The predicted molar refractivity (Wildman–Crippen MR) is 88.8 cm³/mol. The van der Waals surface area contributed by atoms with Gasteiger partial charge in [-0.25, -0.2) is 14.6 Å². The number of rotatable bonds is 8. The van der Waals surface area contributed by atoms with Crippen LogP contribution in [0.4, 0.5) is 4.79 Å². The molecule has 1 aliphatic rings. The lowest BCUT2D eigenvalue weighted by atomic mass is 9.83. The van der Waals surface area contributed by atoms with Crippen molar-refractivity contribution in [2.75, 3.05) is 26.8 Å². The quantitative estimate of drug-likeness (QED) is 0.412. The van der Waals surface area contributed by atoms with Crippen LogP contribution in [-0.4, -0.2) is 37.8 Å². The van der Waals surface area contributed by atoms with Crippen molar-refractivity contribution in [3.8, 4) is 0 Å². The van der Waals surface area contributed by atoms with Crippen LogP contribution in [0.15, 0.2) is 30.3 Å². The highest BCUT2D eigenvalue weighted by Gasteiger charge is 2.28. The van der Waals surface area contributed by atoms with E-state index in [0.29, 0.717) is 25.0 Å². The number of hydrogen-bond donors (Lipinski definition) is 0. The molecule has 0 N–H and O–H groups in total. The first-order valence-electron chi connectivity index (χ1n) is 8.52. The Morgan fingerprint density at radius 1 is 1.25 bits per heavy atom. The third-order valence-electron chi connectivity index (χ3n) is 4.59. The fraction of sp³-hybridized carbons (Fsp3) is 0.611. The van der Waals surface area contributed by atoms with Crippen LogP contribution in [0.25, 0.3) is 0 Å². The molecule has 0 bridgehead atoms. The molecule has 134 valence electrons. The average Bonchev–Trinajstić information content (AvgIpc) is 2.64. The fourth-order valence-electron chi connectivity index (χ4n) is 3.11. The summed E-state index contributed by atoms with van der Waals surface area (Å²) in [7, 11) is 1.42. The molecule has 1 unspecified atom stereocenters. The second kappa shape index (κ2) is 10.3. The van der Waals surface area contributed by atoms with E-state index >= 15 is 0 Å². The Morgan fingerprint density at radius 2 is 1.96 bits per heavy atom. The summed E-state index contributed by atoms with van der Waals surface area (Å²) in [4.78, 5) is 23.4. The van der Waals surface area contributed by atoms with Crippen molar-refractivity contribution in [1.82, 2.24) is 4.90 Å². The van der Waals surface area contributed by atoms with Gasteiger partial charge in [0.05, 0.1) is 13.7 Å². The minimum Gasteiger partial charge on any atom is -0.445 e. The minimum atomic E-state index is -0.232. The van der Waals surface area contributed by atoms with E-state index in [0.717, 1.165) is 37.9 Å². The zero-order chi connectivity index (χ0) is 17.2. The summed E-state index contributed by atoms with van der Waals surface area (Å²) in [6, 6.07) is 9.73. The van der Waals surface area contributed by atoms with Gasteiger partial charge in [-0.3, -0.25) is 0 Å². The molecule has 0 radical (unpaired) electrons. The van der Waals surface area contributed by atoms with Gasteiger partial charge in [0, 0.05) is 13.1 Å². The van der Waals surface area contributed by atoms with Gasteiger partial charge >= 0.3 is 6.09 Å². The van der Waals surface area contributed by atoms with Crippen molar-refractivity contribution in [1.29, 1.82) is 0 Å². The highest BCUT2D eigenvalue weighted by atomic mass is 17.5. The standard InChI is InChI=1S/C18H27NO5/c1-3-16(14-23-24-21-2)17-9-11-19(12-10-17)18(20)22-13-15-7-5-4-6-8-15/h4-8,16-17H,3,9-14H2,1-2H3. The zero-order valence-corrected chi connectivity index (χ0v) is 14.5. The van der Waals surface area contributed by atoms with Crippen LogP contribution in [0, 0.1) is 11.8 Å². The molecule has 1 aliphatic heterocycles. The van der Waals surface area contributed by atoms with Gasteiger partial charge in [-0.1, -0.05) is 48.7 Å². The van der Waals surface area contributed by atoms with Crippen LogP contribution in [-0.2, 0) is 26.2 Å². The van der Waals surface area contributed by atoms with Gasteiger partial charge in [0.15, 0.2) is 0 Å². The first-order chi connectivity index (χ1) is 11.7. The average molecular weight is 337 g/mol. The van der Waals surface area contributed by atoms with Crippen molar-refractivity contribution >= 4 is 6.09 Å². The van der Waals surface area contributed by atoms with Gasteiger partial charge in [-0.05, 0) is 30.2 Å². The van der Waals surface area contributed by atoms with Crippen LogP contribution in [0.2, 0.25) is 0 Å². The third-order valence-corrected chi connectivity index (χ3v) is 4.59. The van der Waals surface area contributed by atoms with E-state index in [-0.39, 0.29) is 6.09 Å². The van der Waals surface area contributed by atoms with Crippen LogP contribution >= 0.6 is 0 Å². The summed E-state index contributed by atoms with van der Waals surface area (Å²) in [5.74, 6) is 0.927. The van der Waals surface area contributed by atoms with Gasteiger partial charge in [0.2, 0.25) is 0 Å². The number of amides is 1. The molecule has 1 atom stereocenters. The van der Waals surface area contributed by atoms with Crippen molar-refractivity contribution in [3.05, 3.63) is 35.9 Å². The van der Waals surface area contributed by atoms with Crippen molar-refractivity contribution in [2.45, 2.75) is 32.8 Å². The Morgan fingerprint density at radius 3 is 2.58 bits per heavy atom. The molecule has 1 aromatic carbocycles. The number of carbonyl (C=O) groups is 1. The number of hydrogen-bond acceptors (Lipinski definition) is 5. The molecule has 1 aromatic rings. The molecular formula is C18H27NO5. The van der Waals surface area contributed by atoms with E-state index in [1.54, 1.807) is 4.90 Å². The summed E-state index contributed by atoms with van der Waals surface area (Å²) < 4.78 is 5.39. The van der Waals surface area contributed by atoms with E-state index in [9.17, 15) is 4.79 Å². The number of ether oxygens (including phenoxy) is 1. The maximum Gasteiger partial charge on any atom is 0.410 e. The van der Waals surface area contributed by atoms with Gasteiger partial charge in [-0.15, -0.1) is 0 Å². The largest absolute Gasteiger partial charge is 0.445 e. The molecule has 6 heteroatoms. The van der Waals surface area contributed by atoms with E-state index in [1.807, 2.05) is 30.3 Å². The molecule has 0 saturated carbocycles. The third kappa shape index (κ3) is 5.78. The van der Waals surface area contributed by atoms with Crippen molar-refractivity contribution in [3.63, 3.8) is 0 Å².